The summed E-state index contributed by atoms with van der Waals surface area (Å²) in [5, 5.41) is 7.51. The maximum absolute atomic E-state index is 2.43. The van der Waals surface area contributed by atoms with Crippen LogP contribution in [0.3, 0.4) is 0 Å². The molecule has 3 heterocycles. The monoisotopic (exact) mass is 663 g/mol. The Morgan fingerprint density at radius 3 is 0.981 bits per heavy atom. The Morgan fingerprint density at radius 2 is 0.577 bits per heavy atom. The Kier molecular flexibility index (Phi) is 6.17. The zero-order valence-electron chi connectivity index (χ0n) is 28.7. The van der Waals surface area contributed by atoms with Crippen LogP contribution in [-0.2, 0) is 0 Å². The van der Waals surface area contributed by atoms with Gasteiger partial charge < -0.3 is 13.7 Å². The van der Waals surface area contributed by atoms with Crippen molar-refractivity contribution >= 4 is 65.4 Å². The number of aryl methyl sites for hydroxylation is 1. The summed E-state index contributed by atoms with van der Waals surface area (Å²) in [4.78, 5) is 0. The average molecular weight is 664 g/mol. The fourth-order valence-electron chi connectivity index (χ4n) is 8.51. The summed E-state index contributed by atoms with van der Waals surface area (Å²) in [6, 6.07) is 66.7. The normalized spacial score (nSPS) is 11.9. The lowest BCUT2D eigenvalue weighted by atomic mass is 10.0. The quantitative estimate of drug-likeness (QED) is 0.178. The highest BCUT2D eigenvalue weighted by molar-refractivity contribution is 6.14. The smallest absolute Gasteiger partial charge is 0.0542 e. The van der Waals surface area contributed by atoms with Crippen LogP contribution in [0.5, 0.6) is 0 Å². The van der Waals surface area contributed by atoms with Crippen molar-refractivity contribution in [1.29, 1.82) is 0 Å². The molecule has 244 valence electrons. The first-order valence-electron chi connectivity index (χ1n) is 17.9. The summed E-state index contributed by atoms with van der Waals surface area (Å²) in [5.41, 5.74) is 14.4. The summed E-state index contributed by atoms with van der Waals surface area (Å²) in [6.45, 7) is 2.13. The van der Waals surface area contributed by atoms with Crippen molar-refractivity contribution < 1.29 is 0 Å². The first-order valence-corrected chi connectivity index (χ1v) is 17.9. The molecule has 3 heteroatoms. The predicted octanol–water partition coefficient (Wildman–Crippen LogP) is 13.0. The number of aromatic nitrogens is 3. The fraction of sp³-hybridized carbons (Fsp3) is 0.0204. The molecule has 0 aliphatic rings. The molecule has 3 aromatic heterocycles. The van der Waals surface area contributed by atoms with E-state index in [4.69, 9.17) is 0 Å². The van der Waals surface area contributed by atoms with Crippen molar-refractivity contribution in [2.45, 2.75) is 6.92 Å². The maximum atomic E-state index is 2.43. The molecule has 0 atom stereocenters. The fourth-order valence-corrected chi connectivity index (χ4v) is 8.51. The topological polar surface area (TPSA) is 14.8 Å². The van der Waals surface area contributed by atoms with E-state index in [0.29, 0.717) is 0 Å². The minimum Gasteiger partial charge on any atom is -0.309 e. The molecule has 0 aliphatic carbocycles. The van der Waals surface area contributed by atoms with E-state index >= 15 is 0 Å². The Bertz CT molecular complexity index is 2890. The average Bonchev–Trinajstić information content (AvgIpc) is 3.83. The van der Waals surface area contributed by atoms with Gasteiger partial charge in [0.15, 0.2) is 0 Å². The van der Waals surface area contributed by atoms with E-state index in [1.165, 1.54) is 82.1 Å². The second-order valence-corrected chi connectivity index (χ2v) is 13.9. The molecule has 0 saturated carbocycles. The largest absolute Gasteiger partial charge is 0.309 e. The van der Waals surface area contributed by atoms with Gasteiger partial charge in [0.2, 0.25) is 0 Å². The number of hydrogen-bond acceptors (Lipinski definition) is 0. The highest BCUT2D eigenvalue weighted by Crippen LogP contribution is 2.39. The van der Waals surface area contributed by atoms with Crippen molar-refractivity contribution in [1.82, 2.24) is 13.7 Å². The standard InChI is InChI=1S/C49H33N3/c1-32-18-20-33(21-19-32)34-22-24-35(25-23-34)50-48-28-26-36(51-44-14-6-2-10-38(44)39-11-3-7-15-45(39)51)30-42(48)43-31-37(27-29-49(43)50)52-46-16-8-4-12-40(46)41-13-5-9-17-47(41)52/h2-31H,1H3. The molecule has 3 nitrogen and oxygen atoms in total. The van der Waals surface area contributed by atoms with Crippen LogP contribution in [0, 0.1) is 6.92 Å². The van der Waals surface area contributed by atoms with E-state index in [1.54, 1.807) is 0 Å². The van der Waals surface area contributed by atoms with Gasteiger partial charge in [-0.15, -0.1) is 0 Å². The third kappa shape index (κ3) is 4.20. The van der Waals surface area contributed by atoms with Crippen molar-refractivity contribution in [3.8, 4) is 28.2 Å². The summed E-state index contributed by atoms with van der Waals surface area (Å²) >= 11 is 0. The molecule has 0 bridgehead atoms. The summed E-state index contributed by atoms with van der Waals surface area (Å²) in [7, 11) is 0. The molecule has 0 radical (unpaired) electrons. The molecule has 11 rings (SSSR count). The lowest BCUT2D eigenvalue weighted by molar-refractivity contribution is 1.16. The van der Waals surface area contributed by atoms with Crippen LogP contribution in [0.2, 0.25) is 0 Å². The van der Waals surface area contributed by atoms with E-state index in [-0.39, 0.29) is 0 Å². The van der Waals surface area contributed by atoms with Crippen LogP contribution in [-0.4, -0.2) is 13.7 Å². The van der Waals surface area contributed by atoms with Crippen LogP contribution < -0.4 is 0 Å². The van der Waals surface area contributed by atoms with Crippen LogP contribution in [0.25, 0.3) is 93.6 Å². The van der Waals surface area contributed by atoms with Crippen LogP contribution >= 0.6 is 0 Å². The molecular formula is C49H33N3. The molecule has 8 aromatic carbocycles. The van der Waals surface area contributed by atoms with E-state index in [2.05, 4.69) is 203 Å². The SMILES string of the molecule is Cc1ccc(-c2ccc(-n3c4ccc(-n5c6ccccc6c6ccccc65)cc4c4cc(-n5c6ccccc6c6ccccc65)ccc43)cc2)cc1. The zero-order chi connectivity index (χ0) is 34.3. The van der Waals surface area contributed by atoms with E-state index in [1.807, 2.05) is 0 Å². The minimum atomic E-state index is 1.14. The van der Waals surface area contributed by atoms with E-state index < -0.39 is 0 Å². The van der Waals surface area contributed by atoms with Gasteiger partial charge in [0.05, 0.1) is 33.1 Å². The van der Waals surface area contributed by atoms with Gasteiger partial charge >= 0.3 is 0 Å². The number of hydrogen-bond donors (Lipinski definition) is 0. The summed E-state index contributed by atoms with van der Waals surface area (Å²) < 4.78 is 7.26. The van der Waals surface area contributed by atoms with Gasteiger partial charge in [0.1, 0.15) is 0 Å². The van der Waals surface area contributed by atoms with Crippen molar-refractivity contribution in [2.75, 3.05) is 0 Å². The molecule has 52 heavy (non-hydrogen) atoms. The Labute approximate surface area is 300 Å². The third-order valence-corrected chi connectivity index (χ3v) is 10.9. The first kappa shape index (κ1) is 28.9. The number of rotatable bonds is 4. The predicted molar refractivity (Wildman–Crippen MR) is 220 cm³/mol. The highest BCUT2D eigenvalue weighted by atomic mass is 15.0. The lowest BCUT2D eigenvalue weighted by Gasteiger charge is -2.11. The number of fused-ring (bicyclic) bond motifs is 9. The molecule has 0 amide bonds. The van der Waals surface area contributed by atoms with E-state index in [0.717, 1.165) is 17.1 Å². The Morgan fingerprint density at radius 1 is 0.269 bits per heavy atom. The number of nitrogens with zero attached hydrogens (tertiary/aromatic N) is 3. The van der Waals surface area contributed by atoms with Crippen molar-refractivity contribution in [3.05, 3.63) is 188 Å². The summed E-state index contributed by atoms with van der Waals surface area (Å²) in [5.74, 6) is 0. The number of para-hydroxylation sites is 4. The van der Waals surface area contributed by atoms with Crippen LogP contribution in [0.4, 0.5) is 0 Å². The van der Waals surface area contributed by atoms with Crippen LogP contribution in [0.1, 0.15) is 5.56 Å². The molecule has 0 fully saturated rings. The molecule has 0 N–H and O–H groups in total. The molecule has 0 spiro atoms. The van der Waals surface area contributed by atoms with Crippen LogP contribution in [0.15, 0.2) is 182 Å². The molecule has 0 aliphatic heterocycles. The van der Waals surface area contributed by atoms with Gasteiger partial charge in [-0.1, -0.05) is 115 Å². The zero-order valence-corrected chi connectivity index (χ0v) is 28.7. The minimum absolute atomic E-state index is 1.14. The molecule has 11 aromatic rings. The van der Waals surface area contributed by atoms with Gasteiger partial charge in [-0.2, -0.15) is 0 Å². The molecule has 0 unspecified atom stereocenters. The second-order valence-electron chi connectivity index (χ2n) is 13.9. The van der Waals surface area contributed by atoms with Crippen molar-refractivity contribution in [3.63, 3.8) is 0 Å². The maximum Gasteiger partial charge on any atom is 0.0542 e. The molecule has 0 saturated heterocycles. The summed E-state index contributed by atoms with van der Waals surface area (Å²) in [6.07, 6.45) is 0. The highest BCUT2D eigenvalue weighted by Gasteiger charge is 2.19. The van der Waals surface area contributed by atoms with Gasteiger partial charge in [-0.3, -0.25) is 0 Å². The van der Waals surface area contributed by atoms with Gasteiger partial charge in [0, 0.05) is 49.4 Å². The third-order valence-electron chi connectivity index (χ3n) is 10.9. The van der Waals surface area contributed by atoms with E-state index in [9.17, 15) is 0 Å². The number of benzene rings is 8. The van der Waals surface area contributed by atoms with Gasteiger partial charge in [0.25, 0.3) is 0 Å². The van der Waals surface area contributed by atoms with Gasteiger partial charge in [-0.25, -0.2) is 0 Å². The van der Waals surface area contributed by atoms with Gasteiger partial charge in [-0.05, 0) is 90.8 Å². The lowest BCUT2D eigenvalue weighted by Crippen LogP contribution is -1.96. The Hall–Kier alpha value is -6.84. The molecular weight excluding hydrogens is 631 g/mol. The second kappa shape index (κ2) is 11.1. The Balaban J connectivity index is 1.18. The first-order chi connectivity index (χ1) is 25.7. The van der Waals surface area contributed by atoms with Crippen molar-refractivity contribution in [2.24, 2.45) is 0 Å².